The topological polar surface area (TPSA) is 141 Å². The molecule has 184 valence electrons. The maximum absolute atomic E-state index is 13.5. The zero-order valence-corrected chi connectivity index (χ0v) is 19.6. The van der Waals surface area contributed by atoms with E-state index in [1.165, 1.54) is 43.5 Å². The fraction of sp³-hybridized carbons (Fsp3) is 0.409. The third-order valence-corrected chi connectivity index (χ3v) is 5.97. The van der Waals surface area contributed by atoms with Gasteiger partial charge in [0, 0.05) is 24.6 Å². The van der Waals surface area contributed by atoms with Crippen molar-refractivity contribution in [3.05, 3.63) is 47.4 Å². The summed E-state index contributed by atoms with van der Waals surface area (Å²) in [6.45, 7) is 3.71. The second-order valence-electron chi connectivity index (χ2n) is 7.98. The summed E-state index contributed by atoms with van der Waals surface area (Å²) >= 11 is 0. The van der Waals surface area contributed by atoms with E-state index in [0.29, 0.717) is 22.5 Å². The van der Waals surface area contributed by atoms with E-state index in [0.717, 1.165) is 10.6 Å². The van der Waals surface area contributed by atoms with Gasteiger partial charge in [0.2, 0.25) is 16.0 Å². The van der Waals surface area contributed by atoms with E-state index in [-0.39, 0.29) is 56.0 Å². The summed E-state index contributed by atoms with van der Waals surface area (Å²) in [6, 6.07) is 5.49. The Balaban J connectivity index is 0.00000578. The van der Waals surface area contributed by atoms with Crippen LogP contribution < -0.4 is 4.31 Å². The number of sulfonamides is 1. The van der Waals surface area contributed by atoms with Crippen molar-refractivity contribution in [1.82, 2.24) is 9.97 Å². The van der Waals surface area contributed by atoms with Crippen LogP contribution in [0, 0.1) is 5.82 Å². The van der Waals surface area contributed by atoms with Gasteiger partial charge in [-0.1, -0.05) is 26.0 Å². The number of aliphatic hydroxyl groups excluding tert-OH is 2. The average Bonchev–Trinajstić information content (AvgIpc) is 2.70. The van der Waals surface area contributed by atoms with Crippen molar-refractivity contribution in [1.29, 1.82) is 0 Å². The fourth-order valence-electron chi connectivity index (χ4n) is 3.05. The number of nitrogens with zero attached hydrogens (tertiary/aromatic N) is 3. The first-order chi connectivity index (χ1) is 15.3. The summed E-state index contributed by atoms with van der Waals surface area (Å²) in [5.74, 6) is -1.87. The minimum absolute atomic E-state index is 0. The minimum atomic E-state index is -3.65. The van der Waals surface area contributed by atoms with Crippen LogP contribution in [0.25, 0.3) is 17.3 Å². The Morgan fingerprint density at radius 1 is 1.18 bits per heavy atom. The number of hydrogen-bond acceptors (Lipinski definition) is 7. The summed E-state index contributed by atoms with van der Waals surface area (Å²) in [5, 5.41) is 28.8. The Bertz CT molecular complexity index is 1130. The molecule has 2 rings (SSSR count). The number of rotatable bonds is 10. The molecule has 9 nitrogen and oxygen atoms in total. The van der Waals surface area contributed by atoms with Crippen LogP contribution in [0.5, 0.6) is 0 Å². The molecule has 0 aliphatic rings. The van der Waals surface area contributed by atoms with E-state index in [2.05, 4.69) is 9.97 Å². The predicted octanol–water partition coefficient (Wildman–Crippen LogP) is 1.49. The molecule has 0 radical (unpaired) electrons. The van der Waals surface area contributed by atoms with E-state index >= 15 is 0 Å². The SMILES string of the molecule is CC(C)c1nc(N(C)S(C)(=O)=O)nc(-c2ccc(F)cc2)c1C=CC(O)CC(O)CC(=O)O.[CaH2]. The number of benzene rings is 1. The molecule has 2 aromatic rings. The van der Waals surface area contributed by atoms with Gasteiger partial charge in [-0.15, -0.1) is 0 Å². The molecule has 0 amide bonds. The van der Waals surface area contributed by atoms with Crippen molar-refractivity contribution in [2.45, 2.75) is 44.8 Å². The number of carboxylic acids is 1. The molecule has 3 N–H and O–H groups in total. The maximum atomic E-state index is 13.5. The molecule has 0 bridgehead atoms. The molecule has 0 saturated heterocycles. The third-order valence-electron chi connectivity index (χ3n) is 4.82. The predicted molar refractivity (Wildman–Crippen MR) is 131 cm³/mol. The van der Waals surface area contributed by atoms with Crippen LogP contribution in [0.4, 0.5) is 10.3 Å². The summed E-state index contributed by atoms with van der Waals surface area (Å²) in [7, 11) is -2.33. The van der Waals surface area contributed by atoms with Crippen molar-refractivity contribution < 1.29 is 32.9 Å². The molecular formula is C22H30CaFN3O6S. The van der Waals surface area contributed by atoms with E-state index in [9.17, 15) is 27.8 Å². The van der Waals surface area contributed by atoms with E-state index < -0.39 is 40.4 Å². The van der Waals surface area contributed by atoms with Gasteiger partial charge in [0.15, 0.2) is 0 Å². The van der Waals surface area contributed by atoms with Crippen molar-refractivity contribution >= 4 is 65.8 Å². The van der Waals surface area contributed by atoms with Crippen LogP contribution >= 0.6 is 0 Å². The number of carboxylic acid groups (broad SMARTS) is 1. The van der Waals surface area contributed by atoms with Crippen molar-refractivity contribution in [3.63, 3.8) is 0 Å². The van der Waals surface area contributed by atoms with Gasteiger partial charge in [0.1, 0.15) is 5.82 Å². The Morgan fingerprint density at radius 2 is 1.76 bits per heavy atom. The zero-order valence-electron chi connectivity index (χ0n) is 18.8. The van der Waals surface area contributed by atoms with Crippen LogP contribution in [0.15, 0.2) is 30.3 Å². The number of carbonyl (C=O) groups is 1. The van der Waals surface area contributed by atoms with Gasteiger partial charge in [-0.25, -0.2) is 27.1 Å². The standard InChI is InChI=1S/C22H28FN3O6S.Ca.2H/c1-13(2)20-18(10-9-16(27)11-17(28)12-19(29)30)21(14-5-7-15(23)8-6-14)25-22(24-20)26(3)33(4,31)32;;;/h5-10,13,16-17,27-28H,11-12H2,1-4H3,(H,29,30);;;. The van der Waals surface area contributed by atoms with Gasteiger partial charge < -0.3 is 15.3 Å². The molecule has 1 heterocycles. The van der Waals surface area contributed by atoms with Crippen molar-refractivity contribution in [3.8, 4) is 11.3 Å². The molecule has 2 unspecified atom stereocenters. The Labute approximate surface area is 228 Å². The summed E-state index contributed by atoms with van der Waals surface area (Å²) in [5.41, 5.74) is 1.80. The Kier molecular flexibility index (Phi) is 11.5. The number of hydrogen-bond donors (Lipinski definition) is 3. The molecular weight excluding hydrogens is 493 g/mol. The van der Waals surface area contributed by atoms with Crippen LogP contribution in [-0.2, 0) is 14.8 Å². The first kappa shape index (κ1) is 30.4. The number of aliphatic carboxylic acids is 1. The molecule has 12 heteroatoms. The first-order valence-electron chi connectivity index (χ1n) is 10.2. The van der Waals surface area contributed by atoms with Crippen LogP contribution in [-0.4, -0.2) is 103 Å². The van der Waals surface area contributed by atoms with Gasteiger partial charge in [0.05, 0.1) is 36.3 Å². The second kappa shape index (κ2) is 12.9. The molecule has 0 aliphatic heterocycles. The molecule has 34 heavy (non-hydrogen) atoms. The average molecular weight is 524 g/mol. The Hall–Kier alpha value is -1.63. The molecule has 1 aromatic carbocycles. The Morgan fingerprint density at radius 3 is 2.26 bits per heavy atom. The molecule has 0 aliphatic carbocycles. The number of aliphatic hydroxyl groups is 2. The quantitative estimate of drug-likeness (QED) is 0.398. The molecule has 0 spiro atoms. The van der Waals surface area contributed by atoms with Crippen molar-refractivity contribution in [2.24, 2.45) is 0 Å². The number of aromatic nitrogens is 2. The van der Waals surface area contributed by atoms with Crippen molar-refractivity contribution in [2.75, 3.05) is 17.6 Å². The summed E-state index contributed by atoms with van der Waals surface area (Å²) in [6.07, 6.45) is 0.860. The fourth-order valence-corrected chi connectivity index (χ4v) is 3.42. The monoisotopic (exact) mass is 523 g/mol. The van der Waals surface area contributed by atoms with E-state index in [1.807, 2.05) is 13.8 Å². The third kappa shape index (κ3) is 8.54. The van der Waals surface area contributed by atoms with Crippen LogP contribution in [0.1, 0.15) is 43.9 Å². The van der Waals surface area contributed by atoms with Crippen LogP contribution in [0.3, 0.4) is 0 Å². The van der Waals surface area contributed by atoms with Gasteiger partial charge in [-0.05, 0) is 30.2 Å². The van der Waals surface area contributed by atoms with E-state index in [1.54, 1.807) is 0 Å². The van der Waals surface area contributed by atoms with Gasteiger partial charge in [0.25, 0.3) is 0 Å². The molecule has 0 fully saturated rings. The molecule has 1 aromatic heterocycles. The normalized spacial score (nSPS) is 13.5. The summed E-state index contributed by atoms with van der Waals surface area (Å²) < 4.78 is 38.6. The molecule has 2 atom stereocenters. The van der Waals surface area contributed by atoms with Crippen LogP contribution in [0.2, 0.25) is 0 Å². The number of halogens is 1. The summed E-state index contributed by atoms with van der Waals surface area (Å²) in [4.78, 5) is 19.6. The number of anilines is 1. The zero-order chi connectivity index (χ0) is 24.9. The van der Waals surface area contributed by atoms with Gasteiger partial charge in [-0.3, -0.25) is 4.79 Å². The molecule has 0 saturated carbocycles. The first-order valence-corrected chi connectivity index (χ1v) is 12.0. The van der Waals surface area contributed by atoms with Gasteiger partial charge >= 0.3 is 43.7 Å². The second-order valence-corrected chi connectivity index (χ2v) is 9.99. The van der Waals surface area contributed by atoms with E-state index in [4.69, 9.17) is 5.11 Å². The van der Waals surface area contributed by atoms with Gasteiger partial charge in [-0.2, -0.15) is 0 Å².